The van der Waals surface area contributed by atoms with Crippen LogP contribution in [0.4, 0.5) is 10.2 Å². The number of nitrogens with one attached hydrogen (secondary N) is 2. The average Bonchev–Trinajstić information content (AvgIpc) is 2.43. The first kappa shape index (κ1) is 15.2. The van der Waals surface area contributed by atoms with Gasteiger partial charge in [-0.3, -0.25) is 9.59 Å². The van der Waals surface area contributed by atoms with Gasteiger partial charge in [0.1, 0.15) is 17.2 Å². The number of piperazine rings is 1. The van der Waals surface area contributed by atoms with Crippen molar-refractivity contribution < 1.29 is 14.0 Å². The summed E-state index contributed by atoms with van der Waals surface area (Å²) in [5, 5.41) is 5.66. The van der Waals surface area contributed by atoms with E-state index in [1.54, 1.807) is 13.8 Å². The molecule has 1 aromatic heterocycles. The lowest BCUT2D eigenvalue weighted by Gasteiger charge is -2.41. The van der Waals surface area contributed by atoms with E-state index >= 15 is 0 Å². The van der Waals surface area contributed by atoms with Gasteiger partial charge in [-0.15, -0.1) is 0 Å². The first-order chi connectivity index (χ1) is 9.87. The molecule has 2 N–H and O–H groups in total. The van der Waals surface area contributed by atoms with Crippen molar-refractivity contribution in [2.24, 2.45) is 0 Å². The van der Waals surface area contributed by atoms with E-state index in [1.807, 2.05) is 6.92 Å². The monoisotopic (exact) mass is 294 g/mol. The molecule has 0 unspecified atom stereocenters. The topological polar surface area (TPSA) is 74.3 Å². The number of hydrogen-bond donors (Lipinski definition) is 2. The zero-order valence-electron chi connectivity index (χ0n) is 12.4. The molecular weight excluding hydrogens is 275 g/mol. The van der Waals surface area contributed by atoms with Crippen molar-refractivity contribution in [2.75, 3.05) is 25.0 Å². The van der Waals surface area contributed by atoms with Crippen LogP contribution in [0.15, 0.2) is 12.3 Å². The highest BCUT2D eigenvalue weighted by Crippen LogP contribution is 2.23. The largest absolute Gasteiger partial charge is 0.370 e. The summed E-state index contributed by atoms with van der Waals surface area (Å²) in [4.78, 5) is 30.0. The number of pyridine rings is 1. The maximum Gasteiger partial charge on any atom is 0.258 e. The van der Waals surface area contributed by atoms with Crippen LogP contribution in [0, 0.1) is 5.82 Å². The molecule has 0 radical (unpaired) electrons. The Balaban J connectivity index is 2.39. The van der Waals surface area contributed by atoms with Crippen molar-refractivity contribution in [3.63, 3.8) is 0 Å². The van der Waals surface area contributed by atoms with Crippen molar-refractivity contribution in [3.8, 4) is 0 Å². The third kappa shape index (κ3) is 2.81. The summed E-state index contributed by atoms with van der Waals surface area (Å²) >= 11 is 0. The third-order valence-electron chi connectivity index (χ3n) is 3.53. The van der Waals surface area contributed by atoms with Crippen molar-refractivity contribution in [3.05, 3.63) is 23.6 Å². The number of aromatic nitrogens is 1. The number of nitrogens with zero attached hydrogens (tertiary/aromatic N) is 2. The normalized spacial score (nSPS) is 17.3. The first-order valence-corrected chi connectivity index (χ1v) is 6.87. The van der Waals surface area contributed by atoms with E-state index in [0.29, 0.717) is 25.5 Å². The minimum Gasteiger partial charge on any atom is -0.370 e. The van der Waals surface area contributed by atoms with Crippen LogP contribution in [0.2, 0.25) is 0 Å². The summed E-state index contributed by atoms with van der Waals surface area (Å²) in [5.74, 6) is -0.890. The highest BCUT2D eigenvalue weighted by atomic mass is 19.1. The van der Waals surface area contributed by atoms with Gasteiger partial charge >= 0.3 is 0 Å². The highest BCUT2D eigenvalue weighted by Gasteiger charge is 2.41. The molecule has 0 atom stereocenters. The lowest BCUT2D eigenvalue weighted by atomic mass is 9.97. The maximum atomic E-state index is 13.4. The highest BCUT2D eigenvalue weighted by molar-refractivity contribution is 6.02. The van der Waals surface area contributed by atoms with E-state index in [0.717, 1.165) is 12.3 Å². The zero-order chi connectivity index (χ0) is 15.6. The lowest BCUT2D eigenvalue weighted by molar-refractivity contribution is -0.133. The van der Waals surface area contributed by atoms with Crippen LogP contribution in [0.3, 0.4) is 0 Å². The van der Waals surface area contributed by atoms with Crippen LogP contribution >= 0.6 is 0 Å². The second kappa shape index (κ2) is 5.67. The van der Waals surface area contributed by atoms with Gasteiger partial charge in [-0.2, -0.15) is 0 Å². The molecule has 7 heteroatoms. The molecule has 2 amide bonds. The van der Waals surface area contributed by atoms with Gasteiger partial charge in [0.15, 0.2) is 0 Å². The van der Waals surface area contributed by atoms with E-state index in [4.69, 9.17) is 0 Å². The van der Waals surface area contributed by atoms with Gasteiger partial charge in [-0.05, 0) is 26.8 Å². The zero-order valence-corrected chi connectivity index (χ0v) is 12.4. The number of amides is 2. The molecule has 114 valence electrons. The standard InChI is InChI=1S/C14H19FN4O2/c1-4-16-11-10(7-9(15)8-18-11)12(20)19-6-5-17-13(21)14(19,2)3/h7-8H,4-6H2,1-3H3,(H,16,18)(H,17,21). The molecule has 6 nitrogen and oxygen atoms in total. The Morgan fingerprint density at radius 3 is 2.95 bits per heavy atom. The SMILES string of the molecule is CCNc1ncc(F)cc1C(=O)N1CCNC(=O)C1(C)C. The van der Waals surface area contributed by atoms with Crippen LogP contribution in [0.25, 0.3) is 0 Å². The van der Waals surface area contributed by atoms with Crippen molar-refractivity contribution in [1.29, 1.82) is 0 Å². The molecule has 1 saturated heterocycles. The Labute approximate surface area is 122 Å². The molecule has 21 heavy (non-hydrogen) atoms. The van der Waals surface area contributed by atoms with Crippen LogP contribution in [0.1, 0.15) is 31.1 Å². The molecule has 0 spiro atoms. The molecule has 0 aromatic carbocycles. The Kier molecular flexibility index (Phi) is 4.11. The lowest BCUT2D eigenvalue weighted by Crippen LogP contribution is -2.63. The minimum atomic E-state index is -0.981. The van der Waals surface area contributed by atoms with Crippen LogP contribution in [-0.2, 0) is 4.79 Å². The van der Waals surface area contributed by atoms with E-state index in [2.05, 4.69) is 15.6 Å². The predicted molar refractivity (Wildman–Crippen MR) is 76.5 cm³/mol. The summed E-state index contributed by atoms with van der Waals surface area (Å²) in [6.45, 7) is 6.51. The van der Waals surface area contributed by atoms with E-state index in [9.17, 15) is 14.0 Å². The Morgan fingerprint density at radius 2 is 2.29 bits per heavy atom. The smallest absolute Gasteiger partial charge is 0.258 e. The van der Waals surface area contributed by atoms with Crippen LogP contribution < -0.4 is 10.6 Å². The summed E-state index contributed by atoms with van der Waals surface area (Å²) in [5.41, 5.74) is -0.842. The van der Waals surface area contributed by atoms with Gasteiger partial charge in [0.2, 0.25) is 5.91 Å². The van der Waals surface area contributed by atoms with E-state index < -0.39 is 17.3 Å². The maximum absolute atomic E-state index is 13.4. The fourth-order valence-corrected chi connectivity index (χ4v) is 2.31. The van der Waals surface area contributed by atoms with E-state index in [1.165, 1.54) is 4.90 Å². The second-order valence-electron chi connectivity index (χ2n) is 5.35. The molecular formula is C14H19FN4O2. The Bertz CT molecular complexity index is 574. The summed E-state index contributed by atoms with van der Waals surface area (Å²) < 4.78 is 13.4. The fourth-order valence-electron chi connectivity index (χ4n) is 2.31. The number of carbonyl (C=O) groups excluding carboxylic acids is 2. The Hall–Kier alpha value is -2.18. The third-order valence-corrected chi connectivity index (χ3v) is 3.53. The van der Waals surface area contributed by atoms with Crippen molar-refractivity contribution >= 4 is 17.6 Å². The van der Waals surface area contributed by atoms with Crippen molar-refractivity contribution in [1.82, 2.24) is 15.2 Å². The summed E-state index contributed by atoms with van der Waals surface area (Å²) in [6.07, 6.45) is 1.06. The first-order valence-electron chi connectivity index (χ1n) is 6.87. The fraction of sp³-hybridized carbons (Fsp3) is 0.500. The van der Waals surface area contributed by atoms with Gasteiger partial charge in [-0.25, -0.2) is 9.37 Å². The molecule has 1 aliphatic rings. The van der Waals surface area contributed by atoms with Crippen LogP contribution in [0.5, 0.6) is 0 Å². The molecule has 0 bridgehead atoms. The van der Waals surface area contributed by atoms with Gasteiger partial charge in [0.25, 0.3) is 5.91 Å². The molecule has 0 aliphatic carbocycles. The van der Waals surface area contributed by atoms with Crippen molar-refractivity contribution in [2.45, 2.75) is 26.3 Å². The quantitative estimate of drug-likeness (QED) is 0.872. The van der Waals surface area contributed by atoms with Crippen LogP contribution in [-0.4, -0.2) is 46.9 Å². The van der Waals surface area contributed by atoms with E-state index in [-0.39, 0.29) is 11.5 Å². The number of hydrogen-bond acceptors (Lipinski definition) is 4. The number of anilines is 1. The molecule has 1 fully saturated rings. The average molecular weight is 294 g/mol. The number of halogens is 1. The van der Waals surface area contributed by atoms with Gasteiger partial charge in [0, 0.05) is 19.6 Å². The van der Waals surface area contributed by atoms with Gasteiger partial charge in [0.05, 0.1) is 11.8 Å². The molecule has 1 aromatic rings. The minimum absolute atomic E-state index is 0.139. The van der Waals surface area contributed by atoms with Gasteiger partial charge < -0.3 is 15.5 Å². The Morgan fingerprint density at radius 1 is 1.57 bits per heavy atom. The summed E-state index contributed by atoms with van der Waals surface area (Å²) in [6, 6.07) is 1.15. The number of rotatable bonds is 3. The number of carbonyl (C=O) groups is 2. The molecule has 2 rings (SSSR count). The summed E-state index contributed by atoms with van der Waals surface area (Å²) in [7, 11) is 0. The molecule has 1 aliphatic heterocycles. The van der Waals surface area contributed by atoms with Gasteiger partial charge in [-0.1, -0.05) is 0 Å². The second-order valence-corrected chi connectivity index (χ2v) is 5.35. The molecule has 0 saturated carbocycles. The predicted octanol–water partition coefficient (Wildman–Crippen LogP) is 1.00. The molecule has 2 heterocycles.